The van der Waals surface area contributed by atoms with Gasteiger partial charge in [0.1, 0.15) is 0 Å². The molecule has 4 heterocycles. The fraction of sp³-hybridized carbons (Fsp3) is 0.189. The number of fused-ring (bicyclic) bond motifs is 8. The summed E-state index contributed by atoms with van der Waals surface area (Å²) >= 11 is 1.91. The second-order valence-corrected chi connectivity index (χ2v) is 14.5. The van der Waals surface area contributed by atoms with Crippen LogP contribution in [0.15, 0.2) is 107 Å². The summed E-state index contributed by atoms with van der Waals surface area (Å²) in [7, 11) is 0. The monoisotopic (exact) mass is 546 g/mol. The predicted octanol–water partition coefficient (Wildman–Crippen LogP) is 8.80. The van der Waals surface area contributed by atoms with Crippen molar-refractivity contribution in [1.82, 2.24) is 0 Å². The molecule has 5 aromatic carbocycles. The van der Waals surface area contributed by atoms with Crippen molar-refractivity contribution in [3.8, 4) is 11.1 Å². The highest BCUT2D eigenvalue weighted by molar-refractivity contribution is 7.99. The molecular weight excluding hydrogens is 515 g/mol. The normalized spacial score (nSPS) is 16.4. The maximum atomic E-state index is 2.67. The number of nitrogens with zero attached hydrogens (tertiary/aromatic N) is 2. The SMILES string of the molecule is CC(C)(C)c1cc2c3c(c1)N1c4ccccc4C(C)(C)c4cccc(c41)B3N1c3ccccc3Sc3cccc-2c31. The van der Waals surface area contributed by atoms with Gasteiger partial charge in [0.15, 0.2) is 0 Å². The molecule has 0 aromatic heterocycles. The fourth-order valence-corrected chi connectivity index (χ4v) is 8.86. The van der Waals surface area contributed by atoms with E-state index < -0.39 is 0 Å². The molecular formula is C37H31BN2S. The first kappa shape index (κ1) is 23.8. The minimum absolute atomic E-state index is 0.0166. The van der Waals surface area contributed by atoms with Gasteiger partial charge in [0.25, 0.3) is 0 Å². The molecule has 41 heavy (non-hydrogen) atoms. The van der Waals surface area contributed by atoms with Crippen LogP contribution < -0.4 is 20.6 Å². The highest BCUT2D eigenvalue weighted by Gasteiger charge is 2.50. The number of rotatable bonds is 0. The van der Waals surface area contributed by atoms with E-state index >= 15 is 0 Å². The van der Waals surface area contributed by atoms with Crippen molar-refractivity contribution in [1.29, 1.82) is 0 Å². The van der Waals surface area contributed by atoms with Crippen LogP contribution in [0.5, 0.6) is 0 Å². The molecule has 198 valence electrons. The molecule has 0 spiro atoms. The molecule has 0 fully saturated rings. The minimum Gasteiger partial charge on any atom is -0.374 e. The van der Waals surface area contributed by atoms with Gasteiger partial charge in [-0.05, 0) is 68.9 Å². The summed E-state index contributed by atoms with van der Waals surface area (Å²) in [6.45, 7) is 11.9. The number of benzene rings is 5. The Kier molecular flexibility index (Phi) is 4.46. The Labute approximate surface area is 247 Å². The highest BCUT2D eigenvalue weighted by Crippen LogP contribution is 2.58. The van der Waals surface area contributed by atoms with Crippen LogP contribution >= 0.6 is 11.8 Å². The predicted molar refractivity (Wildman–Crippen MR) is 175 cm³/mol. The van der Waals surface area contributed by atoms with E-state index in [0.29, 0.717) is 0 Å². The summed E-state index contributed by atoms with van der Waals surface area (Å²) in [5.74, 6) is 0. The van der Waals surface area contributed by atoms with Crippen molar-refractivity contribution in [2.24, 2.45) is 0 Å². The van der Waals surface area contributed by atoms with Gasteiger partial charge < -0.3 is 9.71 Å². The average Bonchev–Trinajstić information content (AvgIpc) is 2.97. The van der Waals surface area contributed by atoms with Gasteiger partial charge in [-0.15, -0.1) is 0 Å². The van der Waals surface area contributed by atoms with Crippen LogP contribution in [0.3, 0.4) is 0 Å². The summed E-state index contributed by atoms with van der Waals surface area (Å²) in [5.41, 5.74) is 16.3. The molecule has 0 bridgehead atoms. The van der Waals surface area contributed by atoms with E-state index in [9.17, 15) is 0 Å². The summed E-state index contributed by atoms with van der Waals surface area (Å²) < 4.78 is 0. The highest BCUT2D eigenvalue weighted by atomic mass is 32.2. The van der Waals surface area contributed by atoms with E-state index in [1.807, 2.05) is 11.8 Å². The minimum atomic E-state index is -0.103. The van der Waals surface area contributed by atoms with Gasteiger partial charge >= 0.3 is 6.85 Å². The number of hydrogen-bond donors (Lipinski definition) is 0. The molecule has 4 aliphatic rings. The first-order valence-electron chi connectivity index (χ1n) is 14.7. The zero-order valence-electron chi connectivity index (χ0n) is 24.1. The Bertz CT molecular complexity index is 1970. The van der Waals surface area contributed by atoms with E-state index in [1.165, 1.54) is 77.0 Å². The Morgan fingerprint density at radius 1 is 0.659 bits per heavy atom. The topological polar surface area (TPSA) is 6.48 Å². The maximum absolute atomic E-state index is 2.67. The molecule has 0 saturated heterocycles. The van der Waals surface area contributed by atoms with E-state index in [4.69, 9.17) is 0 Å². The van der Waals surface area contributed by atoms with Gasteiger partial charge in [-0.2, -0.15) is 0 Å². The molecule has 0 saturated carbocycles. The molecule has 4 aliphatic heterocycles. The first-order valence-corrected chi connectivity index (χ1v) is 15.5. The summed E-state index contributed by atoms with van der Waals surface area (Å²) in [5, 5.41) is 0. The molecule has 0 radical (unpaired) electrons. The molecule has 9 rings (SSSR count). The largest absolute Gasteiger partial charge is 0.374 e. The molecule has 0 aliphatic carbocycles. The van der Waals surface area contributed by atoms with Gasteiger partial charge in [0.05, 0.1) is 11.4 Å². The molecule has 4 heteroatoms. The molecule has 0 N–H and O–H groups in total. The lowest BCUT2D eigenvalue weighted by Crippen LogP contribution is -2.63. The Hall–Kier alpha value is -3.89. The van der Waals surface area contributed by atoms with E-state index in [2.05, 4.69) is 141 Å². The number of anilines is 5. The van der Waals surface area contributed by atoms with E-state index in [1.54, 1.807) is 0 Å². The van der Waals surface area contributed by atoms with Crippen LogP contribution in [0.1, 0.15) is 51.3 Å². The third-order valence-corrected chi connectivity index (χ3v) is 10.9. The van der Waals surface area contributed by atoms with Crippen molar-refractivity contribution < 1.29 is 0 Å². The molecule has 2 nitrogen and oxygen atoms in total. The van der Waals surface area contributed by atoms with Crippen LogP contribution in [-0.4, -0.2) is 6.85 Å². The van der Waals surface area contributed by atoms with Gasteiger partial charge in [-0.25, -0.2) is 0 Å². The standard InChI is InChI=1S/C37H31BN2S/c1-36(2,3)22-20-24-23-12-10-19-32-34(23)40(29-17-8-9-18-31(29)41-32)38-27-15-11-14-26-35(27)39(30(21-22)33(24)38)28-16-7-6-13-25(28)37(26,4)5/h6-21H,1-5H3. The molecule has 0 atom stereocenters. The third-order valence-electron chi connectivity index (χ3n) is 9.75. The Balaban J connectivity index is 1.48. The lowest BCUT2D eigenvalue weighted by Gasteiger charge is -2.51. The fourth-order valence-electron chi connectivity index (χ4n) is 7.76. The quantitative estimate of drug-likeness (QED) is 0.179. The lowest BCUT2D eigenvalue weighted by atomic mass is 9.42. The van der Waals surface area contributed by atoms with Crippen molar-refractivity contribution in [3.63, 3.8) is 0 Å². The zero-order valence-corrected chi connectivity index (χ0v) is 24.9. The number of para-hydroxylation sites is 4. The van der Waals surface area contributed by atoms with E-state index in [-0.39, 0.29) is 17.7 Å². The second kappa shape index (κ2) is 7.69. The molecule has 5 aromatic rings. The average molecular weight is 547 g/mol. The second-order valence-electron chi connectivity index (χ2n) is 13.4. The van der Waals surface area contributed by atoms with E-state index in [0.717, 1.165) is 0 Å². The van der Waals surface area contributed by atoms with Crippen molar-refractivity contribution in [2.45, 2.75) is 55.2 Å². The van der Waals surface area contributed by atoms with Crippen molar-refractivity contribution in [2.75, 3.05) is 9.71 Å². The van der Waals surface area contributed by atoms with Gasteiger partial charge in [-0.3, -0.25) is 0 Å². The van der Waals surface area contributed by atoms with Crippen LogP contribution in [0.25, 0.3) is 11.1 Å². The van der Waals surface area contributed by atoms with Crippen molar-refractivity contribution >= 4 is 58.0 Å². The van der Waals surface area contributed by atoms with Gasteiger partial charge in [0.2, 0.25) is 0 Å². The van der Waals surface area contributed by atoms with Crippen LogP contribution in [0.2, 0.25) is 0 Å². The summed E-state index contributed by atoms with van der Waals surface area (Å²) in [6, 6.07) is 37.0. The van der Waals surface area contributed by atoms with Crippen molar-refractivity contribution in [3.05, 3.63) is 114 Å². The molecule has 0 unspecified atom stereocenters. The van der Waals surface area contributed by atoms with Crippen LogP contribution in [-0.2, 0) is 10.8 Å². The zero-order chi connectivity index (χ0) is 27.8. The summed E-state index contributed by atoms with van der Waals surface area (Å²) in [4.78, 5) is 7.94. The van der Waals surface area contributed by atoms with Crippen LogP contribution in [0.4, 0.5) is 28.4 Å². The van der Waals surface area contributed by atoms with Gasteiger partial charge in [0, 0.05) is 37.8 Å². The Morgan fingerprint density at radius 3 is 2.20 bits per heavy atom. The van der Waals surface area contributed by atoms with Crippen LogP contribution in [0, 0.1) is 0 Å². The molecule has 0 amide bonds. The third kappa shape index (κ3) is 2.91. The maximum Gasteiger partial charge on any atom is 0.333 e. The summed E-state index contributed by atoms with van der Waals surface area (Å²) in [6.07, 6.45) is 0. The first-order chi connectivity index (χ1) is 19.7. The Morgan fingerprint density at radius 2 is 1.37 bits per heavy atom. The smallest absolute Gasteiger partial charge is 0.333 e. The lowest BCUT2D eigenvalue weighted by molar-refractivity contribution is 0.590. The van der Waals surface area contributed by atoms with Gasteiger partial charge in [-0.1, -0.05) is 113 Å². The number of hydrogen-bond acceptors (Lipinski definition) is 3.